The standard InChI is InChI=1S/C26H34Cl2N2O2/c1-5-6-7-23-18-29(16-17-30(23)25(31)32-26(2,3)4)24(19-8-12-21(27)13-9-19)20-10-14-22(28)15-11-20/h8-15,23-24H,5-7,16-18H2,1-4H3/t23-/m0/s1. The molecule has 1 aliphatic rings. The van der Waals surface area contributed by atoms with Crippen LogP contribution in [0.25, 0.3) is 0 Å². The van der Waals surface area contributed by atoms with Crippen LogP contribution in [0, 0.1) is 0 Å². The molecule has 0 spiro atoms. The molecular weight excluding hydrogens is 443 g/mol. The number of piperazine rings is 1. The molecule has 0 N–H and O–H groups in total. The highest BCUT2D eigenvalue weighted by atomic mass is 35.5. The van der Waals surface area contributed by atoms with Gasteiger partial charge in [-0.3, -0.25) is 4.90 Å². The first-order valence-corrected chi connectivity index (χ1v) is 12.2. The molecule has 0 saturated carbocycles. The number of unbranched alkanes of at least 4 members (excludes halogenated alkanes) is 1. The van der Waals surface area contributed by atoms with Gasteiger partial charge < -0.3 is 9.64 Å². The molecule has 174 valence electrons. The Morgan fingerprint density at radius 2 is 1.53 bits per heavy atom. The van der Waals surface area contributed by atoms with Gasteiger partial charge in [0.05, 0.1) is 6.04 Å². The third-order valence-corrected chi connectivity index (χ3v) is 6.27. The van der Waals surface area contributed by atoms with E-state index in [9.17, 15) is 4.79 Å². The van der Waals surface area contributed by atoms with Crippen LogP contribution in [-0.2, 0) is 4.74 Å². The molecule has 1 amide bonds. The fourth-order valence-electron chi connectivity index (χ4n) is 4.27. The van der Waals surface area contributed by atoms with E-state index >= 15 is 0 Å². The number of hydrogen-bond donors (Lipinski definition) is 0. The molecule has 1 aliphatic heterocycles. The van der Waals surface area contributed by atoms with Gasteiger partial charge in [-0.2, -0.15) is 0 Å². The van der Waals surface area contributed by atoms with Gasteiger partial charge in [-0.1, -0.05) is 67.2 Å². The molecule has 32 heavy (non-hydrogen) atoms. The summed E-state index contributed by atoms with van der Waals surface area (Å²) < 4.78 is 5.72. The molecule has 3 rings (SSSR count). The van der Waals surface area contributed by atoms with Crippen LogP contribution in [-0.4, -0.2) is 47.2 Å². The largest absolute Gasteiger partial charge is 0.444 e. The maximum Gasteiger partial charge on any atom is 0.410 e. The number of halogens is 2. The Kier molecular flexibility index (Phi) is 8.49. The van der Waals surface area contributed by atoms with Crippen molar-refractivity contribution in [2.75, 3.05) is 19.6 Å². The van der Waals surface area contributed by atoms with Crippen molar-refractivity contribution in [2.24, 2.45) is 0 Å². The summed E-state index contributed by atoms with van der Waals surface area (Å²) in [7, 11) is 0. The van der Waals surface area contributed by atoms with Gasteiger partial charge in [0.25, 0.3) is 0 Å². The third-order valence-electron chi connectivity index (χ3n) is 5.77. The Balaban J connectivity index is 1.89. The first-order valence-electron chi connectivity index (χ1n) is 11.4. The second-order valence-electron chi connectivity index (χ2n) is 9.47. The number of nitrogens with zero attached hydrogens (tertiary/aromatic N) is 2. The van der Waals surface area contributed by atoms with Gasteiger partial charge in [0.1, 0.15) is 5.60 Å². The molecule has 0 unspecified atom stereocenters. The van der Waals surface area contributed by atoms with E-state index in [1.165, 1.54) is 11.1 Å². The molecule has 1 saturated heterocycles. The smallest absolute Gasteiger partial charge is 0.410 e. The molecule has 1 fully saturated rings. The summed E-state index contributed by atoms with van der Waals surface area (Å²) in [5.74, 6) is 0. The quantitative estimate of drug-likeness (QED) is 0.441. The van der Waals surface area contributed by atoms with Crippen molar-refractivity contribution in [1.82, 2.24) is 9.80 Å². The summed E-state index contributed by atoms with van der Waals surface area (Å²) in [6.45, 7) is 10.1. The minimum absolute atomic E-state index is 0.0643. The van der Waals surface area contributed by atoms with Gasteiger partial charge in [-0.05, 0) is 62.6 Å². The van der Waals surface area contributed by atoms with Crippen LogP contribution in [0.4, 0.5) is 4.79 Å². The van der Waals surface area contributed by atoms with Gasteiger partial charge in [0, 0.05) is 35.7 Å². The van der Waals surface area contributed by atoms with E-state index in [2.05, 4.69) is 36.1 Å². The number of hydrogen-bond acceptors (Lipinski definition) is 3. The highest BCUT2D eigenvalue weighted by Crippen LogP contribution is 2.33. The molecule has 0 bridgehead atoms. The van der Waals surface area contributed by atoms with Crippen LogP contribution >= 0.6 is 23.2 Å². The number of rotatable bonds is 6. The van der Waals surface area contributed by atoms with E-state index in [4.69, 9.17) is 27.9 Å². The van der Waals surface area contributed by atoms with Crippen LogP contribution in [0.3, 0.4) is 0 Å². The zero-order valence-corrected chi connectivity index (χ0v) is 21.0. The molecule has 0 aromatic heterocycles. The Morgan fingerprint density at radius 3 is 2.00 bits per heavy atom. The summed E-state index contributed by atoms with van der Waals surface area (Å²) in [4.78, 5) is 17.3. The Hall–Kier alpha value is -1.75. The van der Waals surface area contributed by atoms with Crippen molar-refractivity contribution in [3.8, 4) is 0 Å². The minimum Gasteiger partial charge on any atom is -0.444 e. The first kappa shape index (κ1) is 24.9. The van der Waals surface area contributed by atoms with Crippen molar-refractivity contribution in [2.45, 2.75) is 64.6 Å². The molecule has 2 aromatic carbocycles. The van der Waals surface area contributed by atoms with Crippen LogP contribution in [0.1, 0.15) is 64.1 Å². The van der Waals surface area contributed by atoms with E-state index in [0.717, 1.165) is 42.4 Å². The number of carbonyl (C=O) groups excluding carboxylic acids is 1. The van der Waals surface area contributed by atoms with E-state index in [1.807, 2.05) is 49.9 Å². The number of carbonyl (C=O) groups is 1. The van der Waals surface area contributed by atoms with Gasteiger partial charge in [0.15, 0.2) is 0 Å². The maximum absolute atomic E-state index is 12.9. The van der Waals surface area contributed by atoms with Gasteiger partial charge >= 0.3 is 6.09 Å². The lowest BCUT2D eigenvalue weighted by Gasteiger charge is -2.45. The molecule has 0 radical (unpaired) electrons. The van der Waals surface area contributed by atoms with Crippen LogP contribution < -0.4 is 0 Å². The van der Waals surface area contributed by atoms with Crippen molar-refractivity contribution in [3.05, 3.63) is 69.7 Å². The Labute approximate surface area is 202 Å². The second kappa shape index (κ2) is 10.9. The highest BCUT2D eigenvalue weighted by molar-refractivity contribution is 6.30. The summed E-state index contributed by atoms with van der Waals surface area (Å²) in [6, 6.07) is 16.3. The van der Waals surface area contributed by atoms with Gasteiger partial charge in [0.2, 0.25) is 0 Å². The van der Waals surface area contributed by atoms with E-state index in [1.54, 1.807) is 0 Å². The van der Waals surface area contributed by atoms with E-state index in [0.29, 0.717) is 6.54 Å². The van der Waals surface area contributed by atoms with E-state index in [-0.39, 0.29) is 18.2 Å². The maximum atomic E-state index is 12.9. The Morgan fingerprint density at radius 1 is 1.00 bits per heavy atom. The summed E-state index contributed by atoms with van der Waals surface area (Å²) >= 11 is 12.3. The molecule has 1 heterocycles. The SMILES string of the molecule is CCCC[C@H]1CN(C(c2ccc(Cl)cc2)c2ccc(Cl)cc2)CCN1C(=O)OC(C)(C)C. The fourth-order valence-corrected chi connectivity index (χ4v) is 4.52. The van der Waals surface area contributed by atoms with Crippen LogP contribution in [0.5, 0.6) is 0 Å². The summed E-state index contributed by atoms with van der Waals surface area (Å²) in [5.41, 5.74) is 1.85. The molecule has 1 atom stereocenters. The lowest BCUT2D eigenvalue weighted by Crippen LogP contribution is -2.56. The lowest BCUT2D eigenvalue weighted by molar-refractivity contribution is -0.00710. The number of ether oxygens (including phenoxy) is 1. The third kappa shape index (κ3) is 6.63. The van der Waals surface area contributed by atoms with Crippen LogP contribution in [0.2, 0.25) is 10.0 Å². The molecule has 2 aromatic rings. The molecule has 6 heteroatoms. The predicted molar refractivity (Wildman–Crippen MR) is 133 cm³/mol. The first-order chi connectivity index (χ1) is 15.2. The van der Waals surface area contributed by atoms with Gasteiger partial charge in [-0.25, -0.2) is 4.79 Å². The van der Waals surface area contributed by atoms with Crippen molar-refractivity contribution >= 4 is 29.3 Å². The average molecular weight is 477 g/mol. The zero-order chi connectivity index (χ0) is 23.3. The summed E-state index contributed by atoms with van der Waals surface area (Å²) in [5, 5.41) is 1.44. The lowest BCUT2D eigenvalue weighted by atomic mass is 9.94. The predicted octanol–water partition coefficient (Wildman–Crippen LogP) is 7.19. The monoisotopic (exact) mass is 476 g/mol. The van der Waals surface area contributed by atoms with Gasteiger partial charge in [-0.15, -0.1) is 0 Å². The zero-order valence-electron chi connectivity index (χ0n) is 19.5. The number of amides is 1. The van der Waals surface area contributed by atoms with Crippen molar-refractivity contribution < 1.29 is 9.53 Å². The normalized spacial score (nSPS) is 17.6. The minimum atomic E-state index is -0.501. The Bertz CT molecular complexity index is 833. The van der Waals surface area contributed by atoms with Crippen molar-refractivity contribution in [1.29, 1.82) is 0 Å². The molecule has 4 nitrogen and oxygen atoms in total. The topological polar surface area (TPSA) is 32.8 Å². The summed E-state index contributed by atoms with van der Waals surface area (Å²) in [6.07, 6.45) is 2.91. The van der Waals surface area contributed by atoms with Crippen molar-refractivity contribution in [3.63, 3.8) is 0 Å². The molecular formula is C26H34Cl2N2O2. The fraction of sp³-hybridized carbons (Fsp3) is 0.500. The van der Waals surface area contributed by atoms with E-state index < -0.39 is 5.60 Å². The average Bonchev–Trinajstić information content (AvgIpc) is 2.74. The van der Waals surface area contributed by atoms with Crippen LogP contribution in [0.15, 0.2) is 48.5 Å². The molecule has 0 aliphatic carbocycles. The second-order valence-corrected chi connectivity index (χ2v) is 10.3. The highest BCUT2D eigenvalue weighted by Gasteiger charge is 2.36. The number of benzene rings is 2.